The molecule has 7 nitrogen and oxygen atoms in total. The Labute approximate surface area is 180 Å². The summed E-state index contributed by atoms with van der Waals surface area (Å²) in [5.41, 5.74) is 10.9. The average molecular weight is 429 g/mol. The number of aromatic nitrogens is 2. The summed E-state index contributed by atoms with van der Waals surface area (Å²) in [7, 11) is 5.64. The summed E-state index contributed by atoms with van der Waals surface area (Å²) in [6.07, 6.45) is 4.08. The monoisotopic (exact) mass is 428 g/mol. The number of nitrogens with two attached hydrogens (primary N) is 1. The van der Waals surface area contributed by atoms with Crippen LogP contribution in [0.2, 0.25) is 0 Å². The number of nitrogens with zero attached hydrogens (tertiary/aromatic N) is 3. The summed E-state index contributed by atoms with van der Waals surface area (Å²) in [6.45, 7) is 2.56. The summed E-state index contributed by atoms with van der Waals surface area (Å²) in [5.74, 6) is 0.790. The van der Waals surface area contributed by atoms with Gasteiger partial charge in [-0.1, -0.05) is 12.1 Å². The maximum absolute atomic E-state index is 10.7. The number of amides is 1. The lowest BCUT2D eigenvalue weighted by Gasteiger charge is -2.22. The lowest BCUT2D eigenvalue weighted by Crippen LogP contribution is -2.14. The molecule has 0 bridgehead atoms. The first kappa shape index (κ1) is 22.1. The number of benzene rings is 1. The number of pyridine rings is 1. The van der Waals surface area contributed by atoms with Gasteiger partial charge in [0.25, 0.3) is 0 Å². The zero-order chi connectivity index (χ0) is 21.5. The van der Waals surface area contributed by atoms with E-state index in [4.69, 9.17) is 15.2 Å². The van der Waals surface area contributed by atoms with E-state index in [0.717, 1.165) is 38.1 Å². The van der Waals surface area contributed by atoms with E-state index in [2.05, 4.69) is 14.9 Å². The van der Waals surface area contributed by atoms with Crippen LogP contribution < -0.4 is 10.5 Å². The van der Waals surface area contributed by atoms with Crippen LogP contribution in [0.5, 0.6) is 5.88 Å². The number of methoxy groups -OCH3 is 1. The lowest BCUT2D eigenvalue weighted by molar-refractivity contribution is 0.0855. The second-order valence-corrected chi connectivity index (χ2v) is 8.29. The molecule has 3 aromatic rings. The zero-order valence-electron chi connectivity index (χ0n) is 17.6. The molecule has 1 aliphatic heterocycles. The lowest BCUT2D eigenvalue weighted by atomic mass is 9.93. The van der Waals surface area contributed by atoms with Crippen LogP contribution in [0.15, 0.2) is 36.0 Å². The van der Waals surface area contributed by atoms with Crippen LogP contribution in [0, 0.1) is 0 Å². The second kappa shape index (κ2) is 10.5. The molecule has 0 atom stereocenters. The molecular formula is C22H28N4O3S. The van der Waals surface area contributed by atoms with Gasteiger partial charge in [-0.2, -0.15) is 0 Å². The van der Waals surface area contributed by atoms with E-state index in [0.29, 0.717) is 17.4 Å². The molecule has 1 aromatic carbocycles. The first-order valence-corrected chi connectivity index (χ1v) is 10.7. The molecule has 160 valence electrons. The maximum atomic E-state index is 10.7. The van der Waals surface area contributed by atoms with Crippen LogP contribution in [-0.4, -0.2) is 55.2 Å². The van der Waals surface area contributed by atoms with Crippen LogP contribution in [0.4, 0.5) is 0 Å². The van der Waals surface area contributed by atoms with Gasteiger partial charge >= 0.3 is 0 Å². The Balaban J connectivity index is 0.000000178. The molecule has 30 heavy (non-hydrogen) atoms. The first-order chi connectivity index (χ1) is 14.5. The number of rotatable bonds is 5. The Morgan fingerprint density at radius 2 is 1.93 bits per heavy atom. The molecule has 0 saturated carbocycles. The van der Waals surface area contributed by atoms with Crippen molar-refractivity contribution in [2.75, 3.05) is 34.4 Å². The minimum absolute atomic E-state index is 0.378. The van der Waals surface area contributed by atoms with E-state index < -0.39 is 0 Å². The minimum atomic E-state index is -0.378. The standard InChI is InChI=1S/C12H14N2O2S.C10H14N2O/c1-15-12-10-11(17-7-14-10)9(6-13-12)8-2-4-16-5-3-8;1-12(2)7-8-3-5-9(6-4-8)10(11)13/h6-8H,2-5H2,1H3;3-6H,7H2,1-2H3,(H2,11,13). The Morgan fingerprint density at radius 3 is 2.53 bits per heavy atom. The maximum Gasteiger partial charge on any atom is 0.248 e. The van der Waals surface area contributed by atoms with E-state index in [9.17, 15) is 4.79 Å². The van der Waals surface area contributed by atoms with Gasteiger partial charge in [-0.15, -0.1) is 11.3 Å². The van der Waals surface area contributed by atoms with Gasteiger partial charge < -0.3 is 20.1 Å². The van der Waals surface area contributed by atoms with Gasteiger partial charge in [0.05, 0.1) is 17.3 Å². The van der Waals surface area contributed by atoms with E-state index >= 15 is 0 Å². The fourth-order valence-corrected chi connectivity index (χ4v) is 4.31. The highest BCUT2D eigenvalue weighted by Crippen LogP contribution is 2.36. The van der Waals surface area contributed by atoms with Gasteiger partial charge in [-0.05, 0) is 56.1 Å². The Hall–Kier alpha value is -2.55. The van der Waals surface area contributed by atoms with Crippen molar-refractivity contribution < 1.29 is 14.3 Å². The highest BCUT2D eigenvalue weighted by molar-refractivity contribution is 7.17. The summed E-state index contributed by atoms with van der Waals surface area (Å²) < 4.78 is 11.9. The average Bonchev–Trinajstić information content (AvgIpc) is 3.24. The number of fused-ring (bicyclic) bond motifs is 1. The van der Waals surface area contributed by atoms with E-state index in [1.807, 2.05) is 37.9 Å². The number of carbonyl (C=O) groups is 1. The number of hydrogen-bond donors (Lipinski definition) is 1. The molecule has 1 amide bonds. The number of ether oxygens (including phenoxy) is 2. The summed E-state index contributed by atoms with van der Waals surface area (Å²) in [4.78, 5) is 21.5. The number of thiazole rings is 1. The third kappa shape index (κ3) is 5.53. The Morgan fingerprint density at radius 1 is 1.23 bits per heavy atom. The minimum Gasteiger partial charge on any atom is -0.479 e. The summed E-state index contributed by atoms with van der Waals surface area (Å²) >= 11 is 1.67. The Bertz CT molecular complexity index is 966. The molecule has 4 rings (SSSR count). The van der Waals surface area contributed by atoms with E-state index in [-0.39, 0.29) is 5.91 Å². The molecule has 8 heteroatoms. The molecule has 0 spiro atoms. The van der Waals surface area contributed by atoms with Crippen molar-refractivity contribution in [3.05, 3.63) is 52.7 Å². The molecule has 0 radical (unpaired) electrons. The van der Waals surface area contributed by atoms with Gasteiger partial charge in [0, 0.05) is 31.5 Å². The van der Waals surface area contributed by atoms with Crippen molar-refractivity contribution in [3.63, 3.8) is 0 Å². The predicted molar refractivity (Wildman–Crippen MR) is 119 cm³/mol. The summed E-state index contributed by atoms with van der Waals surface area (Å²) in [5, 5.41) is 0. The zero-order valence-corrected chi connectivity index (χ0v) is 18.4. The highest BCUT2D eigenvalue weighted by atomic mass is 32.1. The van der Waals surface area contributed by atoms with Crippen molar-refractivity contribution in [1.29, 1.82) is 0 Å². The first-order valence-electron chi connectivity index (χ1n) is 9.87. The van der Waals surface area contributed by atoms with Crippen LogP contribution in [0.25, 0.3) is 10.2 Å². The third-order valence-electron chi connectivity index (χ3n) is 4.94. The van der Waals surface area contributed by atoms with Gasteiger partial charge in [0.2, 0.25) is 11.8 Å². The molecule has 1 aliphatic rings. The van der Waals surface area contributed by atoms with Crippen molar-refractivity contribution in [2.45, 2.75) is 25.3 Å². The number of hydrogen-bond acceptors (Lipinski definition) is 7. The molecule has 2 aromatic heterocycles. The van der Waals surface area contributed by atoms with Gasteiger partial charge in [-0.3, -0.25) is 4.79 Å². The normalized spacial score (nSPS) is 14.4. The summed E-state index contributed by atoms with van der Waals surface area (Å²) in [6, 6.07) is 7.34. The number of primary amides is 1. The molecule has 1 saturated heterocycles. The van der Waals surface area contributed by atoms with E-state index in [1.54, 1.807) is 30.6 Å². The molecular weight excluding hydrogens is 400 g/mol. The second-order valence-electron chi connectivity index (χ2n) is 7.44. The van der Waals surface area contributed by atoms with Crippen molar-refractivity contribution >= 4 is 27.5 Å². The van der Waals surface area contributed by atoms with Crippen molar-refractivity contribution in [2.24, 2.45) is 5.73 Å². The molecule has 3 heterocycles. The van der Waals surface area contributed by atoms with Crippen LogP contribution in [0.3, 0.4) is 0 Å². The van der Waals surface area contributed by atoms with Crippen LogP contribution >= 0.6 is 11.3 Å². The Kier molecular flexibility index (Phi) is 7.73. The fourth-order valence-electron chi connectivity index (χ4n) is 3.44. The molecule has 1 fully saturated rings. The quantitative estimate of drug-likeness (QED) is 0.669. The smallest absolute Gasteiger partial charge is 0.248 e. The van der Waals surface area contributed by atoms with Gasteiger partial charge in [-0.25, -0.2) is 9.97 Å². The SMILES string of the molecule is CN(C)Cc1ccc(C(N)=O)cc1.COc1ncc(C2CCOCC2)c2scnc12. The van der Waals surface area contributed by atoms with Crippen molar-refractivity contribution in [1.82, 2.24) is 14.9 Å². The molecule has 0 aliphatic carbocycles. The van der Waals surface area contributed by atoms with Gasteiger partial charge in [0.1, 0.15) is 5.52 Å². The predicted octanol–water partition coefficient (Wildman–Crippen LogP) is 3.44. The van der Waals surface area contributed by atoms with Gasteiger partial charge in [0.15, 0.2) is 0 Å². The molecule has 0 unspecified atom stereocenters. The van der Waals surface area contributed by atoms with E-state index in [1.165, 1.54) is 15.8 Å². The molecule has 2 N–H and O–H groups in total. The van der Waals surface area contributed by atoms with Crippen LogP contribution in [-0.2, 0) is 11.3 Å². The number of carbonyl (C=O) groups excluding carboxylic acids is 1. The fraction of sp³-hybridized carbons (Fsp3) is 0.409. The van der Waals surface area contributed by atoms with Crippen LogP contribution in [0.1, 0.15) is 40.2 Å². The topological polar surface area (TPSA) is 90.6 Å². The largest absolute Gasteiger partial charge is 0.479 e. The van der Waals surface area contributed by atoms with Crippen molar-refractivity contribution in [3.8, 4) is 5.88 Å². The highest BCUT2D eigenvalue weighted by Gasteiger charge is 2.21. The third-order valence-corrected chi connectivity index (χ3v) is 5.82.